The van der Waals surface area contributed by atoms with Crippen molar-refractivity contribution in [3.8, 4) is 0 Å². The van der Waals surface area contributed by atoms with E-state index in [4.69, 9.17) is 10.5 Å². The van der Waals surface area contributed by atoms with Crippen LogP contribution in [0.3, 0.4) is 0 Å². The fourth-order valence-corrected chi connectivity index (χ4v) is 2.13. The Balaban J connectivity index is 2.10. The van der Waals surface area contributed by atoms with Crippen LogP contribution in [0.25, 0.3) is 0 Å². The molecule has 4 heteroatoms. The molecule has 1 heterocycles. The van der Waals surface area contributed by atoms with Crippen LogP contribution in [0.15, 0.2) is 0 Å². The fraction of sp³-hybridized carbons (Fsp3) is 0.923. The first kappa shape index (κ1) is 14.6. The van der Waals surface area contributed by atoms with E-state index in [0.29, 0.717) is 12.3 Å². The molecule has 0 saturated carbocycles. The Morgan fingerprint density at radius 1 is 1.35 bits per heavy atom. The van der Waals surface area contributed by atoms with Gasteiger partial charge in [-0.25, -0.2) is 0 Å². The largest absolute Gasteiger partial charge is 0.379 e. The predicted octanol–water partition coefficient (Wildman–Crippen LogP) is 1.04. The molecule has 0 amide bonds. The van der Waals surface area contributed by atoms with Crippen molar-refractivity contribution >= 4 is 5.78 Å². The lowest BCUT2D eigenvalue weighted by atomic mass is 9.98. The maximum absolute atomic E-state index is 11.8. The van der Waals surface area contributed by atoms with Gasteiger partial charge in [-0.05, 0) is 25.3 Å². The Hall–Kier alpha value is -0.450. The molecule has 0 spiro atoms. The van der Waals surface area contributed by atoms with E-state index in [0.717, 1.165) is 45.7 Å². The maximum atomic E-state index is 11.8. The second-order valence-electron chi connectivity index (χ2n) is 5.26. The highest BCUT2D eigenvalue weighted by Crippen LogP contribution is 2.07. The summed E-state index contributed by atoms with van der Waals surface area (Å²) in [6, 6.07) is -0.264. The summed E-state index contributed by atoms with van der Waals surface area (Å²) in [5.41, 5.74) is 5.85. The Bertz CT molecular complexity index is 225. The highest BCUT2D eigenvalue weighted by Gasteiger charge is 2.15. The SMILES string of the molecule is CC(C)C[C@H](N)C(=O)CCCN1CCOCC1. The monoisotopic (exact) mass is 242 g/mol. The van der Waals surface area contributed by atoms with E-state index < -0.39 is 0 Å². The van der Waals surface area contributed by atoms with Gasteiger partial charge in [0.2, 0.25) is 0 Å². The highest BCUT2D eigenvalue weighted by molar-refractivity contribution is 5.83. The molecular weight excluding hydrogens is 216 g/mol. The van der Waals surface area contributed by atoms with Crippen molar-refractivity contribution in [2.24, 2.45) is 11.7 Å². The third-order valence-corrected chi connectivity index (χ3v) is 3.14. The smallest absolute Gasteiger partial charge is 0.149 e. The Kier molecular flexibility index (Phi) is 6.70. The molecule has 1 aliphatic rings. The Morgan fingerprint density at radius 3 is 2.59 bits per heavy atom. The third kappa shape index (κ3) is 6.15. The lowest BCUT2D eigenvalue weighted by Crippen LogP contribution is -2.37. The molecule has 4 nitrogen and oxygen atoms in total. The number of carbonyl (C=O) groups is 1. The maximum Gasteiger partial charge on any atom is 0.149 e. The highest BCUT2D eigenvalue weighted by atomic mass is 16.5. The number of nitrogens with two attached hydrogens (primary N) is 1. The van der Waals surface area contributed by atoms with Crippen LogP contribution in [-0.2, 0) is 9.53 Å². The van der Waals surface area contributed by atoms with Crippen LogP contribution in [0.1, 0.15) is 33.1 Å². The Labute approximate surface area is 104 Å². The third-order valence-electron chi connectivity index (χ3n) is 3.14. The van der Waals surface area contributed by atoms with Crippen LogP contribution in [0.2, 0.25) is 0 Å². The molecule has 1 atom stereocenters. The van der Waals surface area contributed by atoms with E-state index in [1.54, 1.807) is 0 Å². The molecule has 1 aliphatic heterocycles. The number of hydrogen-bond donors (Lipinski definition) is 1. The predicted molar refractivity (Wildman–Crippen MR) is 68.9 cm³/mol. The van der Waals surface area contributed by atoms with Gasteiger partial charge in [-0.3, -0.25) is 9.69 Å². The molecular formula is C13H26N2O2. The average molecular weight is 242 g/mol. The minimum atomic E-state index is -0.264. The van der Waals surface area contributed by atoms with E-state index in [1.165, 1.54) is 0 Å². The van der Waals surface area contributed by atoms with E-state index >= 15 is 0 Å². The first-order valence-electron chi connectivity index (χ1n) is 6.68. The van der Waals surface area contributed by atoms with Gasteiger partial charge in [0.1, 0.15) is 5.78 Å². The number of morpholine rings is 1. The zero-order chi connectivity index (χ0) is 12.7. The number of ether oxygens (including phenoxy) is 1. The van der Waals surface area contributed by atoms with Crippen molar-refractivity contribution in [1.29, 1.82) is 0 Å². The van der Waals surface area contributed by atoms with Crippen molar-refractivity contribution in [2.45, 2.75) is 39.2 Å². The van der Waals surface area contributed by atoms with Gasteiger partial charge in [0.05, 0.1) is 19.3 Å². The summed E-state index contributed by atoms with van der Waals surface area (Å²) in [5, 5.41) is 0. The summed E-state index contributed by atoms with van der Waals surface area (Å²) in [4.78, 5) is 14.1. The number of ketones is 1. The van der Waals surface area contributed by atoms with Gasteiger partial charge in [0, 0.05) is 19.5 Å². The second-order valence-corrected chi connectivity index (χ2v) is 5.26. The van der Waals surface area contributed by atoms with Gasteiger partial charge in [-0.15, -0.1) is 0 Å². The van der Waals surface area contributed by atoms with Crippen LogP contribution in [0, 0.1) is 5.92 Å². The summed E-state index contributed by atoms with van der Waals surface area (Å²) in [6.07, 6.45) is 2.34. The number of carbonyl (C=O) groups excluding carboxylic acids is 1. The summed E-state index contributed by atoms with van der Waals surface area (Å²) in [7, 11) is 0. The zero-order valence-electron chi connectivity index (χ0n) is 11.2. The molecule has 1 saturated heterocycles. The Morgan fingerprint density at radius 2 is 2.00 bits per heavy atom. The van der Waals surface area contributed by atoms with Crippen molar-refractivity contribution in [3.05, 3.63) is 0 Å². The van der Waals surface area contributed by atoms with Crippen LogP contribution >= 0.6 is 0 Å². The summed E-state index contributed by atoms with van der Waals surface area (Å²) in [5.74, 6) is 0.708. The normalized spacial score (nSPS) is 19.5. The molecule has 0 unspecified atom stereocenters. The topological polar surface area (TPSA) is 55.6 Å². The van der Waals surface area contributed by atoms with Gasteiger partial charge < -0.3 is 10.5 Å². The number of nitrogens with zero attached hydrogens (tertiary/aromatic N) is 1. The van der Waals surface area contributed by atoms with Gasteiger partial charge in [0.25, 0.3) is 0 Å². The number of Topliss-reactive ketones (excluding diaryl/α,β-unsaturated/α-hetero) is 1. The molecule has 0 aromatic carbocycles. The van der Waals surface area contributed by atoms with Crippen molar-refractivity contribution < 1.29 is 9.53 Å². The molecule has 0 bridgehead atoms. The first-order valence-corrected chi connectivity index (χ1v) is 6.68. The molecule has 0 aliphatic carbocycles. The van der Waals surface area contributed by atoms with Gasteiger partial charge >= 0.3 is 0 Å². The molecule has 1 rings (SSSR count). The minimum absolute atomic E-state index is 0.215. The summed E-state index contributed by atoms with van der Waals surface area (Å²) >= 11 is 0. The van der Waals surface area contributed by atoms with Gasteiger partial charge in [-0.1, -0.05) is 13.8 Å². The average Bonchev–Trinajstić information content (AvgIpc) is 2.29. The summed E-state index contributed by atoms with van der Waals surface area (Å²) < 4.78 is 5.28. The standard InChI is InChI=1S/C13H26N2O2/c1-11(2)10-12(14)13(16)4-3-5-15-6-8-17-9-7-15/h11-12H,3-10,14H2,1-2H3/t12-/m0/s1. The van der Waals surface area contributed by atoms with E-state index in [-0.39, 0.29) is 11.8 Å². The van der Waals surface area contributed by atoms with E-state index in [9.17, 15) is 4.79 Å². The van der Waals surface area contributed by atoms with Crippen LogP contribution in [0.5, 0.6) is 0 Å². The number of rotatable bonds is 7. The molecule has 0 aromatic rings. The minimum Gasteiger partial charge on any atom is -0.379 e. The zero-order valence-corrected chi connectivity index (χ0v) is 11.2. The molecule has 1 fully saturated rings. The van der Waals surface area contributed by atoms with Crippen LogP contribution in [0.4, 0.5) is 0 Å². The van der Waals surface area contributed by atoms with Gasteiger partial charge in [0.15, 0.2) is 0 Å². The van der Waals surface area contributed by atoms with Gasteiger partial charge in [-0.2, -0.15) is 0 Å². The molecule has 2 N–H and O–H groups in total. The van der Waals surface area contributed by atoms with Crippen molar-refractivity contribution in [2.75, 3.05) is 32.8 Å². The first-order chi connectivity index (χ1) is 8.09. The molecule has 100 valence electrons. The van der Waals surface area contributed by atoms with Crippen LogP contribution < -0.4 is 5.73 Å². The second kappa shape index (κ2) is 7.80. The van der Waals surface area contributed by atoms with Crippen LogP contribution in [-0.4, -0.2) is 49.6 Å². The molecule has 0 aromatic heterocycles. The number of hydrogen-bond acceptors (Lipinski definition) is 4. The van der Waals surface area contributed by atoms with Crippen molar-refractivity contribution in [3.63, 3.8) is 0 Å². The fourth-order valence-electron chi connectivity index (χ4n) is 2.13. The summed E-state index contributed by atoms with van der Waals surface area (Å²) in [6.45, 7) is 8.81. The molecule has 17 heavy (non-hydrogen) atoms. The van der Waals surface area contributed by atoms with E-state index in [1.807, 2.05) is 0 Å². The lowest BCUT2D eigenvalue weighted by Gasteiger charge is -2.26. The lowest BCUT2D eigenvalue weighted by molar-refractivity contribution is -0.120. The van der Waals surface area contributed by atoms with E-state index in [2.05, 4.69) is 18.7 Å². The van der Waals surface area contributed by atoms with Crippen molar-refractivity contribution in [1.82, 2.24) is 4.90 Å². The molecule has 0 radical (unpaired) electrons. The quantitative estimate of drug-likeness (QED) is 0.725.